The first kappa shape index (κ1) is 16.9. The Bertz CT molecular complexity index is 760. The second-order valence-corrected chi connectivity index (χ2v) is 6.39. The summed E-state index contributed by atoms with van der Waals surface area (Å²) in [4.78, 5) is 12.3. The number of alkyl halides is 2. The molecule has 1 aliphatic carbocycles. The first-order valence-electron chi connectivity index (χ1n) is 7.47. The second kappa shape index (κ2) is 6.88. The van der Waals surface area contributed by atoms with E-state index in [9.17, 15) is 13.6 Å². The van der Waals surface area contributed by atoms with E-state index in [1.807, 2.05) is 0 Å². The second-order valence-electron chi connectivity index (χ2n) is 5.60. The molecule has 0 saturated heterocycles. The minimum absolute atomic E-state index is 0.117. The number of carbonyl (C=O) groups excluding carboxylic acids is 1. The van der Waals surface area contributed by atoms with Crippen molar-refractivity contribution in [2.24, 2.45) is 0 Å². The van der Waals surface area contributed by atoms with E-state index in [-0.39, 0.29) is 24.1 Å². The molecule has 0 spiro atoms. The number of carbonyl (C=O) groups is 1. The zero-order chi connectivity index (χ0) is 17.3. The topological polar surface area (TPSA) is 56.1 Å². The Hall–Kier alpha value is -1.96. The minimum Gasteiger partial charge on any atom is -0.497 e. The van der Waals surface area contributed by atoms with Gasteiger partial charge in [0.25, 0.3) is 6.43 Å². The van der Waals surface area contributed by atoms with E-state index in [2.05, 4.69) is 26.3 Å². The van der Waals surface area contributed by atoms with Crippen LogP contribution < -0.4 is 10.1 Å². The summed E-state index contributed by atoms with van der Waals surface area (Å²) in [5.74, 6) is 0.471. The van der Waals surface area contributed by atoms with E-state index in [1.165, 1.54) is 11.8 Å². The van der Waals surface area contributed by atoms with Crippen LogP contribution in [0.4, 0.5) is 14.5 Å². The highest BCUT2D eigenvalue weighted by Crippen LogP contribution is 2.45. The number of anilines is 1. The van der Waals surface area contributed by atoms with Crippen LogP contribution in [0.2, 0.25) is 0 Å². The molecule has 1 aromatic heterocycles. The molecule has 0 bridgehead atoms. The molecule has 1 amide bonds. The number of benzene rings is 1. The van der Waals surface area contributed by atoms with E-state index in [4.69, 9.17) is 4.74 Å². The molecule has 1 aromatic carbocycles. The van der Waals surface area contributed by atoms with Crippen LogP contribution in [0.5, 0.6) is 5.75 Å². The Balaban J connectivity index is 1.77. The number of nitrogens with one attached hydrogen (secondary N) is 1. The van der Waals surface area contributed by atoms with Crippen LogP contribution in [-0.4, -0.2) is 22.8 Å². The number of methoxy groups -OCH3 is 1. The molecule has 8 heteroatoms. The number of amides is 1. The zero-order valence-electron chi connectivity index (χ0n) is 12.9. The van der Waals surface area contributed by atoms with Crippen molar-refractivity contribution in [3.8, 4) is 5.75 Å². The number of hydrogen-bond acceptors (Lipinski definition) is 3. The van der Waals surface area contributed by atoms with Crippen molar-refractivity contribution in [1.82, 2.24) is 9.78 Å². The van der Waals surface area contributed by atoms with Crippen LogP contribution in [0.1, 0.15) is 36.6 Å². The lowest BCUT2D eigenvalue weighted by molar-refractivity contribution is -0.117. The van der Waals surface area contributed by atoms with Gasteiger partial charge in [0.15, 0.2) is 0 Å². The summed E-state index contributed by atoms with van der Waals surface area (Å²) in [5, 5.41) is 6.65. The van der Waals surface area contributed by atoms with E-state index in [0.717, 1.165) is 12.8 Å². The van der Waals surface area contributed by atoms with Crippen LogP contribution in [0.15, 0.2) is 28.7 Å². The Morgan fingerprint density at radius 2 is 2.25 bits per heavy atom. The highest BCUT2D eigenvalue weighted by Gasteiger charge is 2.34. The summed E-state index contributed by atoms with van der Waals surface area (Å²) in [5.41, 5.74) is 0.935. The summed E-state index contributed by atoms with van der Waals surface area (Å²) in [7, 11) is 1.54. The fourth-order valence-corrected chi connectivity index (χ4v) is 3.30. The van der Waals surface area contributed by atoms with Gasteiger partial charge < -0.3 is 10.1 Å². The van der Waals surface area contributed by atoms with Crippen LogP contribution in [0.25, 0.3) is 0 Å². The Morgan fingerprint density at radius 3 is 2.88 bits per heavy atom. The highest BCUT2D eigenvalue weighted by molar-refractivity contribution is 9.10. The molecule has 2 aromatic rings. The molecule has 0 aliphatic heterocycles. The van der Waals surface area contributed by atoms with Crippen molar-refractivity contribution < 1.29 is 18.3 Å². The van der Waals surface area contributed by atoms with Crippen LogP contribution in [-0.2, 0) is 11.3 Å². The van der Waals surface area contributed by atoms with E-state index >= 15 is 0 Å². The van der Waals surface area contributed by atoms with Gasteiger partial charge in [-0.1, -0.05) is 6.07 Å². The smallest absolute Gasteiger partial charge is 0.283 e. The monoisotopic (exact) mass is 399 g/mol. The first-order chi connectivity index (χ1) is 11.5. The van der Waals surface area contributed by atoms with Crippen molar-refractivity contribution >= 4 is 27.5 Å². The average Bonchev–Trinajstić information content (AvgIpc) is 3.32. The van der Waals surface area contributed by atoms with E-state index in [1.54, 1.807) is 24.3 Å². The van der Waals surface area contributed by atoms with Gasteiger partial charge in [-0.3, -0.25) is 9.48 Å². The fraction of sp³-hybridized carbons (Fsp3) is 0.375. The summed E-state index contributed by atoms with van der Waals surface area (Å²) in [6, 6.07) is 6.93. The molecule has 0 unspecified atom stereocenters. The molecule has 1 saturated carbocycles. The summed E-state index contributed by atoms with van der Waals surface area (Å²) in [6.07, 6.45) is -0.839. The third-order valence-electron chi connectivity index (χ3n) is 3.77. The number of halogens is 3. The molecule has 0 radical (unpaired) electrons. The normalized spacial score (nSPS) is 14.0. The van der Waals surface area contributed by atoms with Gasteiger partial charge >= 0.3 is 0 Å². The van der Waals surface area contributed by atoms with Crippen molar-refractivity contribution in [2.75, 3.05) is 12.4 Å². The Labute approximate surface area is 146 Å². The predicted molar refractivity (Wildman–Crippen MR) is 88.5 cm³/mol. The summed E-state index contributed by atoms with van der Waals surface area (Å²) >= 11 is 3.21. The quantitative estimate of drug-likeness (QED) is 0.794. The molecular formula is C16H16BrF2N3O2. The molecule has 128 valence electrons. The van der Waals surface area contributed by atoms with Gasteiger partial charge in [-0.15, -0.1) is 0 Å². The molecule has 1 N–H and O–H groups in total. The lowest BCUT2D eigenvalue weighted by Gasteiger charge is -2.09. The van der Waals surface area contributed by atoms with E-state index in [0.29, 0.717) is 21.6 Å². The average molecular weight is 400 g/mol. The maximum absolute atomic E-state index is 13.1. The molecule has 1 aliphatic rings. The van der Waals surface area contributed by atoms with Crippen LogP contribution in [0.3, 0.4) is 0 Å². The number of ether oxygens (including phenoxy) is 1. The maximum Gasteiger partial charge on any atom is 0.283 e. The summed E-state index contributed by atoms with van der Waals surface area (Å²) in [6.45, 7) is -0.117. The number of hydrogen-bond donors (Lipinski definition) is 1. The highest BCUT2D eigenvalue weighted by atomic mass is 79.9. The molecule has 3 rings (SSSR count). The number of aromatic nitrogens is 2. The SMILES string of the molecule is COc1cccc(NC(=O)Cn2nc(C(F)F)c(Br)c2C2CC2)c1. The van der Waals surface area contributed by atoms with Gasteiger partial charge in [0.2, 0.25) is 5.91 Å². The lowest BCUT2D eigenvalue weighted by Crippen LogP contribution is -2.21. The van der Waals surface area contributed by atoms with Gasteiger partial charge in [0.05, 0.1) is 17.3 Å². The fourth-order valence-electron chi connectivity index (χ4n) is 2.52. The third kappa shape index (κ3) is 3.58. The van der Waals surface area contributed by atoms with Gasteiger partial charge in [-0.2, -0.15) is 5.10 Å². The van der Waals surface area contributed by atoms with Gasteiger partial charge in [-0.05, 0) is 40.9 Å². The molecule has 5 nitrogen and oxygen atoms in total. The third-order valence-corrected chi connectivity index (χ3v) is 4.59. The Morgan fingerprint density at radius 1 is 1.50 bits per heavy atom. The Kier molecular flexibility index (Phi) is 4.84. The van der Waals surface area contributed by atoms with E-state index < -0.39 is 6.43 Å². The molecule has 1 fully saturated rings. The molecule has 24 heavy (non-hydrogen) atoms. The van der Waals surface area contributed by atoms with Crippen molar-refractivity contribution in [2.45, 2.75) is 31.7 Å². The lowest BCUT2D eigenvalue weighted by atomic mass is 10.2. The maximum atomic E-state index is 13.1. The standard InChI is InChI=1S/C16H16BrF2N3O2/c1-24-11-4-2-3-10(7-11)20-12(23)8-22-15(9-5-6-9)13(17)14(21-22)16(18)19/h2-4,7,9,16H,5-6,8H2,1H3,(H,20,23). The van der Waals surface area contributed by atoms with Crippen LogP contribution >= 0.6 is 15.9 Å². The van der Waals surface area contributed by atoms with Gasteiger partial charge in [-0.25, -0.2) is 8.78 Å². The largest absolute Gasteiger partial charge is 0.497 e. The molecule has 0 atom stereocenters. The van der Waals surface area contributed by atoms with Crippen molar-refractivity contribution in [3.63, 3.8) is 0 Å². The minimum atomic E-state index is -2.68. The van der Waals surface area contributed by atoms with Crippen molar-refractivity contribution in [3.05, 3.63) is 40.1 Å². The number of rotatable bonds is 6. The summed E-state index contributed by atoms with van der Waals surface area (Å²) < 4.78 is 32.9. The predicted octanol–water partition coefficient (Wildman–Crippen LogP) is 4.11. The van der Waals surface area contributed by atoms with Crippen molar-refractivity contribution in [1.29, 1.82) is 0 Å². The number of nitrogens with zero attached hydrogens (tertiary/aromatic N) is 2. The molecule has 1 heterocycles. The van der Waals surface area contributed by atoms with Gasteiger partial charge in [0, 0.05) is 17.7 Å². The molecular weight excluding hydrogens is 384 g/mol. The first-order valence-corrected chi connectivity index (χ1v) is 8.27. The van der Waals surface area contributed by atoms with Gasteiger partial charge in [0.1, 0.15) is 18.0 Å². The zero-order valence-corrected chi connectivity index (χ0v) is 14.5. The van der Waals surface area contributed by atoms with Crippen LogP contribution in [0, 0.1) is 0 Å².